The molecule has 1 N–H and O–H groups in total. The summed E-state index contributed by atoms with van der Waals surface area (Å²) in [5.74, 6) is 0.511. The number of rotatable bonds is 6. The second-order valence-electron chi connectivity index (χ2n) is 3.77. The van der Waals surface area contributed by atoms with Gasteiger partial charge in [0, 0.05) is 6.42 Å². The van der Waals surface area contributed by atoms with Crippen molar-refractivity contribution >= 4 is 5.97 Å². The summed E-state index contributed by atoms with van der Waals surface area (Å²) in [6.45, 7) is 2.19. The van der Waals surface area contributed by atoms with E-state index in [9.17, 15) is 9.90 Å². The van der Waals surface area contributed by atoms with Crippen LogP contribution in [0.15, 0.2) is 24.3 Å². The number of benzene rings is 1. The van der Waals surface area contributed by atoms with Gasteiger partial charge in [0.15, 0.2) is 0 Å². The van der Waals surface area contributed by atoms with Gasteiger partial charge >= 0.3 is 5.97 Å². The quantitative estimate of drug-likeness (QED) is 0.609. The monoisotopic (exact) mass is 238 g/mol. The minimum absolute atomic E-state index is 0.224. The molecular formula is C13H18O4. The third-order valence-electron chi connectivity index (χ3n) is 2.38. The average molecular weight is 238 g/mol. The van der Waals surface area contributed by atoms with Gasteiger partial charge in [0.2, 0.25) is 0 Å². The van der Waals surface area contributed by atoms with Crippen molar-refractivity contribution in [2.24, 2.45) is 0 Å². The first-order chi connectivity index (χ1) is 8.13. The van der Waals surface area contributed by atoms with Crippen molar-refractivity contribution < 1.29 is 19.4 Å². The molecule has 0 heterocycles. The Labute approximate surface area is 101 Å². The Hall–Kier alpha value is -1.55. The second-order valence-corrected chi connectivity index (χ2v) is 3.77. The number of carbonyl (C=O) groups excluding carboxylic acids is 1. The smallest absolute Gasteiger partial charge is 0.305 e. The summed E-state index contributed by atoms with van der Waals surface area (Å²) in [4.78, 5) is 10.8. The predicted octanol–water partition coefficient (Wildman–Crippen LogP) is 2.07. The van der Waals surface area contributed by atoms with Crippen LogP contribution in [0.1, 0.15) is 31.4 Å². The van der Waals surface area contributed by atoms with E-state index in [4.69, 9.17) is 4.74 Å². The number of carbonyl (C=O) groups is 1. The third-order valence-corrected chi connectivity index (χ3v) is 2.38. The van der Waals surface area contributed by atoms with E-state index in [0.717, 1.165) is 11.3 Å². The van der Waals surface area contributed by atoms with Crippen molar-refractivity contribution in [3.63, 3.8) is 0 Å². The molecule has 1 atom stereocenters. The molecule has 0 fully saturated rings. The molecule has 94 valence electrons. The Morgan fingerprint density at radius 3 is 2.53 bits per heavy atom. The highest BCUT2D eigenvalue weighted by molar-refractivity contribution is 5.69. The topological polar surface area (TPSA) is 55.8 Å². The minimum Gasteiger partial charge on any atom is -0.494 e. The van der Waals surface area contributed by atoms with E-state index < -0.39 is 6.10 Å². The lowest BCUT2D eigenvalue weighted by atomic mass is 10.1. The van der Waals surface area contributed by atoms with Crippen LogP contribution >= 0.6 is 0 Å². The van der Waals surface area contributed by atoms with E-state index in [-0.39, 0.29) is 5.97 Å². The molecule has 0 aliphatic rings. The standard InChI is InChI=1S/C13H18O4/c1-10(14)11-5-7-12(8-6-11)17-9-3-4-13(15)16-2/h5-8,10,14H,3-4,9H2,1-2H3/t10-/m1/s1. The number of esters is 1. The zero-order chi connectivity index (χ0) is 12.7. The number of hydrogen-bond donors (Lipinski definition) is 1. The lowest BCUT2D eigenvalue weighted by Crippen LogP contribution is -2.04. The highest BCUT2D eigenvalue weighted by Crippen LogP contribution is 2.17. The molecule has 0 aromatic heterocycles. The summed E-state index contributed by atoms with van der Waals surface area (Å²) in [6.07, 6.45) is 0.524. The maximum absolute atomic E-state index is 10.8. The number of hydrogen-bond acceptors (Lipinski definition) is 4. The van der Waals surface area contributed by atoms with Gasteiger partial charge in [0.05, 0.1) is 19.8 Å². The molecule has 4 heteroatoms. The van der Waals surface area contributed by atoms with E-state index >= 15 is 0 Å². The van der Waals surface area contributed by atoms with Crippen LogP contribution in [-0.2, 0) is 9.53 Å². The molecule has 0 saturated carbocycles. The zero-order valence-corrected chi connectivity index (χ0v) is 10.2. The summed E-state index contributed by atoms with van der Waals surface area (Å²) < 4.78 is 9.97. The van der Waals surface area contributed by atoms with E-state index in [1.165, 1.54) is 7.11 Å². The first-order valence-corrected chi connectivity index (χ1v) is 5.61. The van der Waals surface area contributed by atoms with Crippen LogP contribution in [0.5, 0.6) is 5.75 Å². The number of ether oxygens (including phenoxy) is 2. The van der Waals surface area contributed by atoms with Gasteiger partial charge in [0.1, 0.15) is 5.75 Å². The SMILES string of the molecule is COC(=O)CCCOc1ccc([C@@H](C)O)cc1. The molecule has 17 heavy (non-hydrogen) atoms. The molecule has 0 aliphatic heterocycles. The van der Waals surface area contributed by atoms with Gasteiger partial charge < -0.3 is 14.6 Å². The second kappa shape index (κ2) is 6.91. The van der Waals surface area contributed by atoms with Crippen LogP contribution < -0.4 is 4.74 Å². The van der Waals surface area contributed by atoms with Gasteiger partial charge in [-0.2, -0.15) is 0 Å². The van der Waals surface area contributed by atoms with Gasteiger partial charge in [-0.15, -0.1) is 0 Å². The summed E-state index contributed by atoms with van der Waals surface area (Å²) >= 11 is 0. The maximum atomic E-state index is 10.8. The number of aliphatic hydroxyl groups excluding tert-OH is 1. The third kappa shape index (κ3) is 4.87. The minimum atomic E-state index is -0.469. The zero-order valence-electron chi connectivity index (χ0n) is 10.2. The predicted molar refractivity (Wildman–Crippen MR) is 63.8 cm³/mol. The molecule has 0 unspecified atom stereocenters. The first-order valence-electron chi connectivity index (χ1n) is 5.61. The molecule has 0 spiro atoms. The fourth-order valence-corrected chi connectivity index (χ4v) is 1.35. The number of aliphatic hydroxyl groups is 1. The summed E-state index contributed by atoms with van der Waals surface area (Å²) in [7, 11) is 1.37. The molecular weight excluding hydrogens is 220 g/mol. The molecule has 1 aromatic rings. The first kappa shape index (κ1) is 13.5. The fourth-order valence-electron chi connectivity index (χ4n) is 1.35. The van der Waals surface area contributed by atoms with Crippen LogP contribution in [0, 0.1) is 0 Å². The van der Waals surface area contributed by atoms with Gasteiger partial charge in [-0.1, -0.05) is 12.1 Å². The lowest BCUT2D eigenvalue weighted by Gasteiger charge is -2.08. The Kier molecular flexibility index (Phi) is 5.49. The molecule has 0 saturated heterocycles. The molecule has 1 aromatic carbocycles. The van der Waals surface area contributed by atoms with E-state index in [2.05, 4.69) is 4.74 Å². The Bertz CT molecular complexity index is 343. The van der Waals surface area contributed by atoms with Crippen molar-refractivity contribution in [3.05, 3.63) is 29.8 Å². The maximum Gasteiger partial charge on any atom is 0.305 e. The van der Waals surface area contributed by atoms with Gasteiger partial charge in [-0.25, -0.2) is 0 Å². The molecule has 0 radical (unpaired) electrons. The Morgan fingerprint density at radius 1 is 1.35 bits per heavy atom. The van der Waals surface area contributed by atoms with Crippen molar-refractivity contribution in [2.75, 3.05) is 13.7 Å². The molecule has 4 nitrogen and oxygen atoms in total. The van der Waals surface area contributed by atoms with Crippen LogP contribution in [0.3, 0.4) is 0 Å². The van der Waals surface area contributed by atoms with Crippen molar-refractivity contribution in [2.45, 2.75) is 25.9 Å². The summed E-state index contributed by atoms with van der Waals surface area (Å²) in [5, 5.41) is 9.32. The summed E-state index contributed by atoms with van der Waals surface area (Å²) in [6, 6.07) is 7.25. The summed E-state index contributed by atoms with van der Waals surface area (Å²) in [5.41, 5.74) is 0.854. The van der Waals surface area contributed by atoms with E-state index in [1.807, 2.05) is 12.1 Å². The molecule has 1 rings (SSSR count). The van der Waals surface area contributed by atoms with E-state index in [1.54, 1.807) is 19.1 Å². The Morgan fingerprint density at radius 2 is 2.00 bits per heavy atom. The Balaban J connectivity index is 2.30. The largest absolute Gasteiger partial charge is 0.494 e. The lowest BCUT2D eigenvalue weighted by molar-refractivity contribution is -0.140. The van der Waals surface area contributed by atoms with Crippen LogP contribution in [0.25, 0.3) is 0 Å². The normalized spacial score (nSPS) is 11.9. The number of methoxy groups -OCH3 is 1. The van der Waals surface area contributed by atoms with Gasteiger partial charge in [0.25, 0.3) is 0 Å². The molecule has 0 aliphatic carbocycles. The van der Waals surface area contributed by atoms with Crippen molar-refractivity contribution in [3.8, 4) is 5.75 Å². The fraction of sp³-hybridized carbons (Fsp3) is 0.462. The van der Waals surface area contributed by atoms with Crippen LogP contribution in [-0.4, -0.2) is 24.8 Å². The van der Waals surface area contributed by atoms with Gasteiger partial charge in [-0.05, 0) is 31.0 Å². The van der Waals surface area contributed by atoms with Crippen LogP contribution in [0.4, 0.5) is 0 Å². The van der Waals surface area contributed by atoms with Crippen molar-refractivity contribution in [1.29, 1.82) is 0 Å². The molecule has 0 amide bonds. The highest BCUT2D eigenvalue weighted by atomic mass is 16.5. The highest BCUT2D eigenvalue weighted by Gasteiger charge is 2.02. The van der Waals surface area contributed by atoms with Gasteiger partial charge in [-0.3, -0.25) is 4.79 Å². The van der Waals surface area contributed by atoms with Crippen molar-refractivity contribution in [1.82, 2.24) is 0 Å². The average Bonchev–Trinajstić information content (AvgIpc) is 2.34. The van der Waals surface area contributed by atoms with E-state index in [0.29, 0.717) is 19.4 Å². The molecule has 0 bridgehead atoms. The van der Waals surface area contributed by atoms with Crippen LogP contribution in [0.2, 0.25) is 0 Å².